The number of rotatable bonds is 3. The van der Waals surface area contributed by atoms with E-state index in [0.717, 1.165) is 5.56 Å². The third kappa shape index (κ3) is 3.88. The molecule has 142 valence electrons. The molecule has 0 atom stereocenters. The Balaban J connectivity index is 1.72. The lowest BCUT2D eigenvalue weighted by molar-refractivity contribution is 0.550. The minimum absolute atomic E-state index is 0.263. The number of nitrogens with zero attached hydrogens (tertiary/aromatic N) is 5. The first-order valence-corrected chi connectivity index (χ1v) is 9.74. The van der Waals surface area contributed by atoms with Gasteiger partial charge < -0.3 is 4.42 Å². The van der Waals surface area contributed by atoms with Gasteiger partial charge in [-0.3, -0.25) is 5.32 Å². The summed E-state index contributed by atoms with van der Waals surface area (Å²) in [5.41, 5.74) is 2.24. The van der Waals surface area contributed by atoms with Gasteiger partial charge in [-0.1, -0.05) is 47.3 Å². The molecule has 2 heterocycles. The van der Waals surface area contributed by atoms with Gasteiger partial charge in [-0.2, -0.15) is 5.26 Å². The zero-order valence-electron chi connectivity index (χ0n) is 15.2. The average Bonchev–Trinajstić information content (AvgIpc) is 3.23. The van der Waals surface area contributed by atoms with E-state index in [0.29, 0.717) is 27.5 Å². The predicted octanol–water partition coefficient (Wildman–Crippen LogP) is 3.46. The van der Waals surface area contributed by atoms with Crippen LogP contribution in [0.1, 0.15) is 0 Å². The van der Waals surface area contributed by atoms with Gasteiger partial charge in [0.15, 0.2) is 17.0 Å². The number of aliphatic imine (C=N–C) groups is 1. The number of benzene rings is 2. The van der Waals surface area contributed by atoms with Crippen molar-refractivity contribution in [1.29, 1.82) is 5.26 Å². The predicted molar refractivity (Wildman–Crippen MR) is 112 cm³/mol. The second kappa shape index (κ2) is 8.00. The van der Waals surface area contributed by atoms with Crippen molar-refractivity contribution in [1.82, 2.24) is 20.3 Å². The smallest absolute Gasteiger partial charge is 0.362 e. The Kier molecular flexibility index (Phi) is 5.09. The first kappa shape index (κ1) is 18.5. The maximum atomic E-state index is 12.5. The van der Waals surface area contributed by atoms with Gasteiger partial charge in [0.25, 0.3) is 0 Å². The Hall–Kier alpha value is -3.90. The summed E-state index contributed by atoms with van der Waals surface area (Å²) in [5.74, 6) is 0. The van der Waals surface area contributed by atoms with Crippen LogP contribution in [0.25, 0.3) is 27.9 Å². The van der Waals surface area contributed by atoms with Crippen LogP contribution in [0.4, 0.5) is 5.69 Å². The third-order valence-corrected chi connectivity index (χ3v) is 4.68. The standard InChI is InChI=1S/C20H14N6O2S/c1-29-20(22-12-21)23-15-8-7-14-9-17(19(27)28-18(14)10-15)26-11-16(24-25-26)13-5-3-2-4-6-13/h2-11H,1H3,(H,22,23). The summed E-state index contributed by atoms with van der Waals surface area (Å²) in [7, 11) is 0. The van der Waals surface area contributed by atoms with Crippen molar-refractivity contribution in [3.63, 3.8) is 0 Å². The van der Waals surface area contributed by atoms with E-state index in [1.807, 2.05) is 36.5 Å². The van der Waals surface area contributed by atoms with E-state index in [1.54, 1.807) is 36.7 Å². The number of nitriles is 1. The van der Waals surface area contributed by atoms with Crippen molar-refractivity contribution in [2.75, 3.05) is 6.26 Å². The highest BCUT2D eigenvalue weighted by molar-refractivity contribution is 8.13. The van der Waals surface area contributed by atoms with E-state index in [2.05, 4.69) is 20.6 Å². The Morgan fingerprint density at radius 1 is 1.24 bits per heavy atom. The summed E-state index contributed by atoms with van der Waals surface area (Å²) in [5, 5.41) is 20.6. The number of hydrogen-bond acceptors (Lipinski definition) is 7. The molecule has 2 aromatic carbocycles. The molecule has 0 fully saturated rings. The number of fused-ring (bicyclic) bond motifs is 1. The minimum Gasteiger partial charge on any atom is -0.421 e. The normalized spacial score (nSPS) is 11.4. The van der Waals surface area contributed by atoms with E-state index in [1.165, 1.54) is 16.4 Å². The molecular formula is C20H14N6O2S. The summed E-state index contributed by atoms with van der Waals surface area (Å²) < 4.78 is 6.88. The fourth-order valence-electron chi connectivity index (χ4n) is 2.73. The fraction of sp³-hybridized carbons (Fsp3) is 0.0500. The summed E-state index contributed by atoms with van der Waals surface area (Å²) in [6.07, 6.45) is 5.32. The van der Waals surface area contributed by atoms with E-state index < -0.39 is 5.63 Å². The van der Waals surface area contributed by atoms with Crippen LogP contribution in [-0.4, -0.2) is 26.4 Å². The van der Waals surface area contributed by atoms with Crippen LogP contribution in [0.5, 0.6) is 0 Å². The van der Waals surface area contributed by atoms with Crippen molar-refractivity contribution in [2.24, 2.45) is 4.99 Å². The minimum atomic E-state index is -0.539. The van der Waals surface area contributed by atoms with Gasteiger partial charge in [0, 0.05) is 17.0 Å². The molecule has 0 saturated heterocycles. The number of nitrogens with one attached hydrogen (secondary N) is 1. The molecule has 0 aliphatic heterocycles. The first-order valence-electron chi connectivity index (χ1n) is 8.52. The maximum Gasteiger partial charge on any atom is 0.362 e. The number of hydrogen-bond donors (Lipinski definition) is 1. The molecule has 0 bridgehead atoms. The van der Waals surface area contributed by atoms with Gasteiger partial charge in [0.1, 0.15) is 11.3 Å². The van der Waals surface area contributed by atoms with Crippen molar-refractivity contribution in [2.45, 2.75) is 0 Å². The van der Waals surface area contributed by atoms with Crippen molar-refractivity contribution >= 4 is 33.6 Å². The Bertz CT molecular complexity index is 1300. The van der Waals surface area contributed by atoms with Gasteiger partial charge in [0.05, 0.1) is 11.9 Å². The van der Waals surface area contributed by atoms with Crippen LogP contribution >= 0.6 is 11.8 Å². The number of thioether (sulfide) groups is 1. The largest absolute Gasteiger partial charge is 0.421 e. The molecule has 0 spiro atoms. The van der Waals surface area contributed by atoms with Gasteiger partial charge in [-0.25, -0.2) is 14.5 Å². The van der Waals surface area contributed by atoms with Gasteiger partial charge in [0.2, 0.25) is 0 Å². The highest BCUT2D eigenvalue weighted by Gasteiger charge is 2.11. The third-order valence-electron chi connectivity index (χ3n) is 4.10. The molecule has 0 amide bonds. The quantitative estimate of drug-likeness (QED) is 0.184. The molecule has 0 saturated carbocycles. The van der Waals surface area contributed by atoms with Gasteiger partial charge in [-0.05, 0) is 24.5 Å². The average molecular weight is 402 g/mol. The van der Waals surface area contributed by atoms with Gasteiger partial charge >= 0.3 is 5.63 Å². The summed E-state index contributed by atoms with van der Waals surface area (Å²) in [4.78, 5) is 16.8. The highest BCUT2D eigenvalue weighted by Crippen LogP contribution is 2.23. The van der Waals surface area contributed by atoms with Crippen molar-refractivity contribution in [3.8, 4) is 23.1 Å². The zero-order valence-corrected chi connectivity index (χ0v) is 16.1. The molecule has 2 aromatic heterocycles. The molecule has 0 aliphatic carbocycles. The Labute approximate surface area is 169 Å². The first-order chi connectivity index (χ1) is 14.2. The lowest BCUT2D eigenvalue weighted by Gasteiger charge is -2.03. The van der Waals surface area contributed by atoms with Crippen LogP contribution in [-0.2, 0) is 0 Å². The molecule has 9 heteroatoms. The van der Waals surface area contributed by atoms with E-state index in [9.17, 15) is 4.79 Å². The lowest BCUT2D eigenvalue weighted by atomic mass is 10.2. The van der Waals surface area contributed by atoms with Crippen LogP contribution in [0.2, 0.25) is 0 Å². The monoisotopic (exact) mass is 402 g/mol. The maximum absolute atomic E-state index is 12.5. The SMILES string of the molecule is CSC(=Nc1ccc2cc(-n3cc(-c4ccccc4)nn3)c(=O)oc2c1)NC#N. The number of aromatic nitrogens is 3. The zero-order chi connectivity index (χ0) is 20.2. The van der Waals surface area contributed by atoms with Crippen LogP contribution in [0, 0.1) is 11.5 Å². The second-order valence-electron chi connectivity index (χ2n) is 5.91. The summed E-state index contributed by atoms with van der Waals surface area (Å²) in [6.45, 7) is 0. The van der Waals surface area contributed by atoms with E-state index in [4.69, 9.17) is 9.68 Å². The Morgan fingerprint density at radius 2 is 2.07 bits per heavy atom. The van der Waals surface area contributed by atoms with Crippen molar-refractivity contribution in [3.05, 3.63) is 71.2 Å². The molecule has 0 unspecified atom stereocenters. The van der Waals surface area contributed by atoms with E-state index in [-0.39, 0.29) is 5.69 Å². The molecule has 29 heavy (non-hydrogen) atoms. The molecule has 8 nitrogen and oxygen atoms in total. The summed E-state index contributed by atoms with van der Waals surface area (Å²) in [6, 6.07) is 16.5. The molecular weight excluding hydrogens is 388 g/mol. The molecule has 0 radical (unpaired) electrons. The highest BCUT2D eigenvalue weighted by atomic mass is 32.2. The van der Waals surface area contributed by atoms with Crippen molar-refractivity contribution < 1.29 is 4.42 Å². The van der Waals surface area contributed by atoms with Crippen LogP contribution in [0.3, 0.4) is 0 Å². The lowest BCUT2D eigenvalue weighted by Crippen LogP contribution is -2.12. The van der Waals surface area contributed by atoms with Crippen LogP contribution < -0.4 is 10.9 Å². The van der Waals surface area contributed by atoms with E-state index >= 15 is 0 Å². The van der Waals surface area contributed by atoms with Gasteiger partial charge in [-0.15, -0.1) is 5.10 Å². The van der Waals surface area contributed by atoms with Crippen LogP contribution in [0.15, 0.2) is 75.0 Å². The fourth-order valence-corrected chi connectivity index (χ4v) is 3.08. The Morgan fingerprint density at radius 3 is 2.83 bits per heavy atom. The summed E-state index contributed by atoms with van der Waals surface area (Å²) >= 11 is 1.30. The second-order valence-corrected chi connectivity index (χ2v) is 6.71. The molecule has 4 rings (SSSR count). The molecule has 0 aliphatic rings. The molecule has 1 N–H and O–H groups in total. The number of amidine groups is 1. The topological polar surface area (TPSA) is 109 Å². The molecule has 4 aromatic rings.